The van der Waals surface area contributed by atoms with Crippen LogP contribution in [0.25, 0.3) is 6.08 Å². The van der Waals surface area contributed by atoms with Crippen molar-refractivity contribution in [3.63, 3.8) is 0 Å². The van der Waals surface area contributed by atoms with Crippen LogP contribution in [0, 0.1) is 0 Å². The maximum atomic E-state index is 5.17. The molecule has 0 fully saturated rings. The molecule has 1 heteroatoms. The van der Waals surface area contributed by atoms with Gasteiger partial charge in [0.05, 0.1) is 7.11 Å². The largest absolute Gasteiger partial charge is 0.496 e. The van der Waals surface area contributed by atoms with Crippen LogP contribution in [0.2, 0.25) is 0 Å². The van der Waals surface area contributed by atoms with Gasteiger partial charge < -0.3 is 4.74 Å². The molecule has 1 aromatic carbocycles. The summed E-state index contributed by atoms with van der Waals surface area (Å²) in [5.74, 6) is 0.864. The highest BCUT2D eigenvalue weighted by atomic mass is 16.5. The predicted octanol–water partition coefficient (Wildman–Crippen LogP) is 3.07. The van der Waals surface area contributed by atoms with Crippen LogP contribution in [0.3, 0.4) is 0 Å². The molecule has 0 aliphatic rings. The Bertz CT molecular complexity index is 313. The van der Waals surface area contributed by atoms with Gasteiger partial charge in [-0.25, -0.2) is 0 Å². The third-order valence-electron chi connectivity index (χ3n) is 1.89. The number of allylic oxidation sites excluding steroid dienone is 1. The van der Waals surface area contributed by atoms with Crippen LogP contribution in [0.15, 0.2) is 37.4 Å². The van der Waals surface area contributed by atoms with Gasteiger partial charge in [0.2, 0.25) is 0 Å². The van der Waals surface area contributed by atoms with E-state index in [1.54, 1.807) is 13.2 Å². The van der Waals surface area contributed by atoms with Crippen LogP contribution >= 0.6 is 0 Å². The van der Waals surface area contributed by atoms with Gasteiger partial charge in [-0.2, -0.15) is 0 Å². The second-order valence-electron chi connectivity index (χ2n) is 2.77. The monoisotopic (exact) mass is 174 g/mol. The fourth-order valence-electron chi connectivity index (χ4n) is 1.24. The molecular weight excluding hydrogens is 160 g/mol. The average Bonchev–Trinajstić information content (AvgIpc) is 2.18. The van der Waals surface area contributed by atoms with E-state index in [0.717, 1.165) is 17.7 Å². The standard InChI is InChI=1S/C12H14O/c1-4-6-10-7-8-12(13-3)11(5-2)9-10/h4-5,7-9H,1-2,6H2,3H3. The van der Waals surface area contributed by atoms with Gasteiger partial charge in [0, 0.05) is 5.56 Å². The lowest BCUT2D eigenvalue weighted by atomic mass is 10.1. The highest BCUT2D eigenvalue weighted by Crippen LogP contribution is 2.20. The average molecular weight is 174 g/mol. The molecule has 0 saturated heterocycles. The van der Waals surface area contributed by atoms with Gasteiger partial charge in [0.15, 0.2) is 0 Å². The van der Waals surface area contributed by atoms with Crippen LogP contribution in [-0.2, 0) is 6.42 Å². The molecule has 13 heavy (non-hydrogen) atoms. The summed E-state index contributed by atoms with van der Waals surface area (Å²) in [5, 5.41) is 0. The van der Waals surface area contributed by atoms with Crippen LogP contribution in [0.5, 0.6) is 5.75 Å². The zero-order valence-electron chi connectivity index (χ0n) is 7.92. The van der Waals surface area contributed by atoms with Gasteiger partial charge >= 0.3 is 0 Å². The molecule has 0 spiro atoms. The smallest absolute Gasteiger partial charge is 0.126 e. The van der Waals surface area contributed by atoms with E-state index < -0.39 is 0 Å². The second kappa shape index (κ2) is 4.51. The fourth-order valence-corrected chi connectivity index (χ4v) is 1.24. The number of hydrogen-bond acceptors (Lipinski definition) is 1. The van der Waals surface area contributed by atoms with E-state index in [4.69, 9.17) is 4.74 Å². The van der Waals surface area contributed by atoms with Crippen molar-refractivity contribution in [1.29, 1.82) is 0 Å². The Labute approximate surface area is 79.4 Å². The Morgan fingerprint density at radius 2 is 2.15 bits per heavy atom. The molecule has 0 atom stereocenters. The molecule has 0 aromatic heterocycles. The van der Waals surface area contributed by atoms with E-state index >= 15 is 0 Å². The van der Waals surface area contributed by atoms with E-state index in [1.165, 1.54) is 5.56 Å². The lowest BCUT2D eigenvalue weighted by Crippen LogP contribution is -1.89. The molecule has 0 N–H and O–H groups in total. The van der Waals surface area contributed by atoms with Gasteiger partial charge in [0.1, 0.15) is 5.75 Å². The van der Waals surface area contributed by atoms with E-state index in [-0.39, 0.29) is 0 Å². The SMILES string of the molecule is C=CCc1ccc(OC)c(C=C)c1. The molecule has 1 aromatic rings. The Kier molecular flexibility index (Phi) is 3.32. The first-order chi connectivity index (χ1) is 6.31. The van der Waals surface area contributed by atoms with Crippen molar-refractivity contribution in [2.24, 2.45) is 0 Å². The first-order valence-corrected chi connectivity index (χ1v) is 4.22. The number of ether oxygens (including phenoxy) is 1. The third-order valence-corrected chi connectivity index (χ3v) is 1.89. The van der Waals surface area contributed by atoms with Crippen LogP contribution in [0.1, 0.15) is 11.1 Å². The summed E-state index contributed by atoms with van der Waals surface area (Å²) in [6, 6.07) is 6.05. The zero-order valence-corrected chi connectivity index (χ0v) is 7.92. The maximum absolute atomic E-state index is 5.17. The van der Waals surface area contributed by atoms with E-state index in [2.05, 4.69) is 19.2 Å². The van der Waals surface area contributed by atoms with Crippen molar-refractivity contribution in [2.45, 2.75) is 6.42 Å². The highest BCUT2D eigenvalue weighted by molar-refractivity contribution is 5.57. The quantitative estimate of drug-likeness (QED) is 0.637. The molecule has 0 radical (unpaired) electrons. The van der Waals surface area contributed by atoms with Crippen LogP contribution in [-0.4, -0.2) is 7.11 Å². The minimum Gasteiger partial charge on any atom is -0.496 e. The lowest BCUT2D eigenvalue weighted by molar-refractivity contribution is 0.413. The molecular formula is C12H14O. The first-order valence-electron chi connectivity index (χ1n) is 4.22. The number of hydrogen-bond donors (Lipinski definition) is 0. The fraction of sp³-hybridized carbons (Fsp3) is 0.167. The van der Waals surface area contributed by atoms with Crippen molar-refractivity contribution < 1.29 is 4.74 Å². The topological polar surface area (TPSA) is 9.23 Å². The van der Waals surface area contributed by atoms with Gasteiger partial charge in [-0.15, -0.1) is 6.58 Å². The Hall–Kier alpha value is -1.50. The second-order valence-corrected chi connectivity index (χ2v) is 2.77. The molecule has 0 bridgehead atoms. The van der Waals surface area contributed by atoms with E-state index in [1.807, 2.05) is 18.2 Å². The minimum absolute atomic E-state index is 0.864. The summed E-state index contributed by atoms with van der Waals surface area (Å²) in [6.45, 7) is 7.43. The highest BCUT2D eigenvalue weighted by Gasteiger charge is 1.99. The Morgan fingerprint density at radius 3 is 2.69 bits per heavy atom. The predicted molar refractivity (Wildman–Crippen MR) is 57.0 cm³/mol. The normalized spacial score (nSPS) is 9.31. The van der Waals surface area contributed by atoms with Gasteiger partial charge in [0.25, 0.3) is 0 Å². The molecule has 0 unspecified atom stereocenters. The molecule has 0 amide bonds. The van der Waals surface area contributed by atoms with Crippen LogP contribution < -0.4 is 4.74 Å². The Morgan fingerprint density at radius 1 is 1.38 bits per heavy atom. The van der Waals surface area contributed by atoms with Gasteiger partial charge in [-0.1, -0.05) is 24.8 Å². The lowest BCUT2D eigenvalue weighted by Gasteiger charge is -2.06. The molecule has 0 heterocycles. The molecule has 68 valence electrons. The summed E-state index contributed by atoms with van der Waals surface area (Å²) in [5.41, 5.74) is 2.26. The molecule has 0 aliphatic carbocycles. The van der Waals surface area contributed by atoms with Crippen molar-refractivity contribution in [2.75, 3.05) is 7.11 Å². The molecule has 1 nitrogen and oxygen atoms in total. The minimum atomic E-state index is 0.864. The van der Waals surface area contributed by atoms with Crippen molar-refractivity contribution >= 4 is 6.08 Å². The maximum Gasteiger partial charge on any atom is 0.126 e. The summed E-state index contributed by atoms with van der Waals surface area (Å²) in [7, 11) is 1.66. The zero-order chi connectivity index (χ0) is 9.68. The van der Waals surface area contributed by atoms with Crippen molar-refractivity contribution in [3.8, 4) is 5.75 Å². The summed E-state index contributed by atoms with van der Waals surface area (Å²) in [6.07, 6.45) is 4.56. The van der Waals surface area contributed by atoms with Crippen molar-refractivity contribution in [3.05, 3.63) is 48.6 Å². The number of rotatable bonds is 4. The van der Waals surface area contributed by atoms with E-state index in [9.17, 15) is 0 Å². The summed E-state index contributed by atoms with van der Waals surface area (Å²) < 4.78 is 5.17. The summed E-state index contributed by atoms with van der Waals surface area (Å²) in [4.78, 5) is 0. The molecule has 0 saturated carbocycles. The first kappa shape index (κ1) is 9.59. The van der Waals surface area contributed by atoms with Crippen molar-refractivity contribution in [1.82, 2.24) is 0 Å². The third kappa shape index (κ3) is 2.22. The molecule has 1 rings (SSSR count). The Balaban J connectivity index is 3.04. The van der Waals surface area contributed by atoms with Gasteiger partial charge in [-0.3, -0.25) is 0 Å². The summed E-state index contributed by atoms with van der Waals surface area (Å²) >= 11 is 0. The van der Waals surface area contributed by atoms with Crippen LogP contribution in [0.4, 0.5) is 0 Å². The number of methoxy groups -OCH3 is 1. The molecule has 0 aliphatic heterocycles. The van der Waals surface area contributed by atoms with E-state index in [0.29, 0.717) is 0 Å². The number of benzene rings is 1. The van der Waals surface area contributed by atoms with Gasteiger partial charge in [-0.05, 0) is 24.1 Å².